The van der Waals surface area contributed by atoms with Crippen LogP contribution in [-0.2, 0) is 16.6 Å². The molecule has 0 radical (unpaired) electrons. The van der Waals surface area contributed by atoms with Crippen LogP contribution >= 0.6 is 0 Å². The highest BCUT2D eigenvalue weighted by molar-refractivity contribution is 7.89. The van der Waals surface area contributed by atoms with Crippen molar-refractivity contribution in [1.29, 1.82) is 0 Å². The Hall–Kier alpha value is -2.79. The van der Waals surface area contributed by atoms with Crippen molar-refractivity contribution in [1.82, 2.24) is 9.62 Å². The second-order valence-corrected chi connectivity index (χ2v) is 9.69. The van der Waals surface area contributed by atoms with Crippen LogP contribution in [0.3, 0.4) is 0 Å². The third-order valence-corrected chi connectivity index (χ3v) is 5.87. The van der Waals surface area contributed by atoms with Crippen molar-refractivity contribution in [3.8, 4) is 11.5 Å². The van der Waals surface area contributed by atoms with Crippen LogP contribution in [0, 0.1) is 0 Å². The molecule has 2 rings (SSSR count). The average molecular weight is 475 g/mol. The van der Waals surface area contributed by atoms with Crippen LogP contribution in [0.25, 0.3) is 0 Å². The number of carbonyl (C=O) groups is 1. The van der Waals surface area contributed by atoms with Gasteiger partial charge in [0.2, 0.25) is 10.0 Å². The maximum atomic E-state index is 12.9. The summed E-state index contributed by atoms with van der Waals surface area (Å²) in [5, 5.41) is 0. The minimum Gasteiger partial charge on any atom is -0.495 e. The lowest BCUT2D eigenvalue weighted by molar-refractivity contribution is -0.275. The highest BCUT2D eigenvalue weighted by Gasteiger charge is 2.32. The molecule has 0 atom stereocenters. The van der Waals surface area contributed by atoms with Crippen molar-refractivity contribution in [3.05, 3.63) is 53.6 Å². The van der Waals surface area contributed by atoms with E-state index in [0.717, 1.165) is 11.0 Å². The molecule has 7 nitrogen and oxygen atoms in total. The smallest absolute Gasteiger partial charge is 0.495 e. The fourth-order valence-electron chi connectivity index (χ4n) is 2.88. The van der Waals surface area contributed by atoms with Gasteiger partial charge in [-0.3, -0.25) is 4.79 Å². The summed E-state index contributed by atoms with van der Waals surface area (Å²) in [6.45, 7) is 4.81. The molecule has 0 aliphatic rings. The third kappa shape index (κ3) is 6.86. The van der Waals surface area contributed by atoms with E-state index in [1.807, 2.05) is 0 Å². The van der Waals surface area contributed by atoms with E-state index in [1.54, 1.807) is 20.8 Å². The molecule has 11 heteroatoms. The van der Waals surface area contributed by atoms with E-state index in [2.05, 4.69) is 9.46 Å². The Balaban J connectivity index is 2.35. The monoisotopic (exact) mass is 474 g/mol. The van der Waals surface area contributed by atoms with Gasteiger partial charge in [-0.05, 0) is 45.0 Å². The fourth-order valence-corrected chi connectivity index (χ4v) is 4.50. The topological polar surface area (TPSA) is 84.9 Å². The summed E-state index contributed by atoms with van der Waals surface area (Å²) in [6.07, 6.45) is -4.88. The molecule has 0 aromatic heterocycles. The summed E-state index contributed by atoms with van der Waals surface area (Å²) in [5.41, 5.74) is -0.615. The molecule has 176 valence electrons. The van der Waals surface area contributed by atoms with Crippen molar-refractivity contribution < 1.29 is 35.9 Å². The predicted molar refractivity (Wildman–Crippen MR) is 112 cm³/mol. The molecule has 1 N–H and O–H groups in total. The summed E-state index contributed by atoms with van der Waals surface area (Å²) in [5.74, 6) is -0.974. The van der Waals surface area contributed by atoms with Crippen LogP contribution in [0.2, 0.25) is 0 Å². The number of benzene rings is 2. The van der Waals surface area contributed by atoms with Gasteiger partial charge in [0.25, 0.3) is 5.91 Å². The van der Waals surface area contributed by atoms with Crippen molar-refractivity contribution >= 4 is 15.9 Å². The predicted octanol–water partition coefficient (Wildman–Crippen LogP) is 3.94. The van der Waals surface area contributed by atoms with Gasteiger partial charge in [-0.1, -0.05) is 18.2 Å². The van der Waals surface area contributed by atoms with Gasteiger partial charge in [-0.25, -0.2) is 13.1 Å². The first-order chi connectivity index (χ1) is 14.6. The summed E-state index contributed by atoms with van der Waals surface area (Å²) in [4.78, 5) is 13.9. The Bertz CT molecular complexity index is 1080. The molecule has 0 saturated carbocycles. The van der Waals surface area contributed by atoms with E-state index in [-0.39, 0.29) is 28.3 Å². The van der Waals surface area contributed by atoms with Gasteiger partial charge in [0, 0.05) is 30.3 Å². The van der Waals surface area contributed by atoms with Crippen molar-refractivity contribution in [2.45, 2.75) is 44.1 Å². The molecule has 2 aromatic rings. The largest absolute Gasteiger partial charge is 0.573 e. The number of nitrogens with one attached hydrogen (secondary N) is 1. The first-order valence-corrected chi connectivity index (χ1v) is 10.9. The maximum absolute atomic E-state index is 12.9. The van der Waals surface area contributed by atoms with Crippen LogP contribution in [0.5, 0.6) is 11.5 Å². The highest BCUT2D eigenvalue weighted by Crippen LogP contribution is 2.29. The van der Waals surface area contributed by atoms with Gasteiger partial charge in [0.1, 0.15) is 16.4 Å². The second kappa shape index (κ2) is 9.37. The van der Waals surface area contributed by atoms with Crippen LogP contribution in [-0.4, -0.2) is 45.3 Å². The number of hydrogen-bond donors (Lipinski definition) is 1. The van der Waals surface area contributed by atoms with E-state index < -0.39 is 33.6 Å². The van der Waals surface area contributed by atoms with Gasteiger partial charge >= 0.3 is 6.36 Å². The van der Waals surface area contributed by atoms with E-state index in [4.69, 9.17) is 4.74 Å². The average Bonchev–Trinajstić information content (AvgIpc) is 2.65. The van der Waals surface area contributed by atoms with E-state index in [1.165, 1.54) is 50.6 Å². The molecule has 0 bridgehead atoms. The molecule has 0 fully saturated rings. The number of alkyl halides is 3. The van der Waals surface area contributed by atoms with Crippen LogP contribution < -0.4 is 14.2 Å². The zero-order chi connectivity index (χ0) is 24.3. The number of sulfonamides is 1. The molecule has 0 aliphatic carbocycles. The molecule has 0 aliphatic heterocycles. The first kappa shape index (κ1) is 25.5. The fraction of sp³-hybridized carbons (Fsp3) is 0.381. The SMILES string of the molecule is COc1ccc(C(=O)N(C)Cc2ccccc2OC(F)(F)F)cc1S(=O)(=O)NC(C)(C)C. The third-order valence-electron chi connectivity index (χ3n) is 4.09. The number of para-hydroxylation sites is 1. The van der Waals surface area contributed by atoms with Crippen molar-refractivity contribution in [3.63, 3.8) is 0 Å². The number of halogens is 3. The molecule has 0 unspecified atom stereocenters. The normalized spacial score (nSPS) is 12.4. The molecule has 2 aromatic carbocycles. The van der Waals surface area contributed by atoms with Gasteiger partial charge in [-0.2, -0.15) is 0 Å². The lowest BCUT2D eigenvalue weighted by Gasteiger charge is -2.22. The summed E-state index contributed by atoms with van der Waals surface area (Å²) in [7, 11) is -1.33. The van der Waals surface area contributed by atoms with E-state index in [0.29, 0.717) is 0 Å². The zero-order valence-corrected chi connectivity index (χ0v) is 19.1. The number of amides is 1. The maximum Gasteiger partial charge on any atom is 0.573 e. The molecule has 1 amide bonds. The Morgan fingerprint density at radius 3 is 2.25 bits per heavy atom. The number of hydrogen-bond acceptors (Lipinski definition) is 5. The van der Waals surface area contributed by atoms with Gasteiger partial charge in [-0.15, -0.1) is 13.2 Å². The number of methoxy groups -OCH3 is 1. The number of nitrogens with zero attached hydrogens (tertiary/aromatic N) is 1. The van der Waals surface area contributed by atoms with Crippen molar-refractivity contribution in [2.24, 2.45) is 0 Å². The standard InChI is InChI=1S/C21H25F3N2O5S/c1-20(2,3)25-32(28,29)18-12-14(10-11-17(18)30-5)19(27)26(4)13-15-8-6-7-9-16(15)31-21(22,23)24/h6-12,25H,13H2,1-5H3. The Labute approximate surface area is 185 Å². The molecule has 32 heavy (non-hydrogen) atoms. The number of ether oxygens (including phenoxy) is 2. The van der Waals surface area contributed by atoms with Crippen molar-refractivity contribution in [2.75, 3.05) is 14.2 Å². The van der Waals surface area contributed by atoms with Crippen LogP contribution in [0.1, 0.15) is 36.7 Å². The first-order valence-electron chi connectivity index (χ1n) is 9.44. The summed E-state index contributed by atoms with van der Waals surface area (Å²) in [6, 6.07) is 9.36. The quantitative estimate of drug-likeness (QED) is 0.657. The van der Waals surface area contributed by atoms with Crippen LogP contribution in [0.15, 0.2) is 47.4 Å². The zero-order valence-electron chi connectivity index (χ0n) is 18.3. The Morgan fingerprint density at radius 1 is 1.06 bits per heavy atom. The number of rotatable bonds is 7. The van der Waals surface area contributed by atoms with E-state index in [9.17, 15) is 26.4 Å². The highest BCUT2D eigenvalue weighted by atomic mass is 32.2. The molecular weight excluding hydrogens is 449 g/mol. The van der Waals surface area contributed by atoms with Gasteiger partial charge in [0.05, 0.1) is 7.11 Å². The molecule has 0 spiro atoms. The molecule has 0 saturated heterocycles. The summed E-state index contributed by atoms with van der Waals surface area (Å²) < 4.78 is 75.2. The lowest BCUT2D eigenvalue weighted by Crippen LogP contribution is -2.40. The Kier molecular flexibility index (Phi) is 7.46. The van der Waals surface area contributed by atoms with Crippen LogP contribution in [0.4, 0.5) is 13.2 Å². The number of carbonyl (C=O) groups excluding carboxylic acids is 1. The summed E-state index contributed by atoms with van der Waals surface area (Å²) >= 11 is 0. The lowest BCUT2D eigenvalue weighted by atomic mass is 10.1. The second-order valence-electron chi connectivity index (χ2n) is 8.04. The minimum atomic E-state index is -4.88. The molecular formula is C21H25F3N2O5S. The molecule has 0 heterocycles. The van der Waals surface area contributed by atoms with Gasteiger partial charge < -0.3 is 14.4 Å². The minimum absolute atomic E-state index is 0.0248. The Morgan fingerprint density at radius 2 is 1.69 bits per heavy atom. The van der Waals surface area contributed by atoms with Gasteiger partial charge in [0.15, 0.2) is 0 Å². The van der Waals surface area contributed by atoms with E-state index >= 15 is 0 Å².